The van der Waals surface area contributed by atoms with E-state index in [9.17, 15) is 4.79 Å². The average Bonchev–Trinajstić information content (AvgIpc) is 2.46. The number of aryl methyl sites for hydroxylation is 1. The minimum Gasteiger partial charge on any atom is -0.378 e. The molecule has 1 amide bonds. The maximum atomic E-state index is 11.6. The number of likely N-dealkylation sites (N-methyl/N-ethyl adjacent to an activating group) is 1. The number of morpholine rings is 1. The second-order valence-electron chi connectivity index (χ2n) is 4.97. The largest absolute Gasteiger partial charge is 0.378 e. The number of rotatable bonds is 4. The van der Waals surface area contributed by atoms with Crippen LogP contribution < -0.4 is 15.5 Å². The van der Waals surface area contributed by atoms with Gasteiger partial charge in [0.15, 0.2) is 0 Å². The van der Waals surface area contributed by atoms with Gasteiger partial charge in [-0.1, -0.05) is 0 Å². The first-order valence-electron chi connectivity index (χ1n) is 6.89. The molecule has 1 aliphatic heterocycles. The van der Waals surface area contributed by atoms with Crippen LogP contribution in [0.2, 0.25) is 0 Å². The molecule has 0 spiro atoms. The van der Waals surface area contributed by atoms with Crippen LogP contribution in [0.5, 0.6) is 0 Å². The zero-order valence-corrected chi connectivity index (χ0v) is 12.3. The molecule has 1 aromatic heterocycles. The Morgan fingerprint density at radius 3 is 2.75 bits per heavy atom. The first-order chi connectivity index (χ1) is 9.60. The Morgan fingerprint density at radius 2 is 2.10 bits per heavy atom. The van der Waals surface area contributed by atoms with Gasteiger partial charge in [-0.05, 0) is 31.5 Å². The number of nitrogens with zero attached hydrogens (tertiary/aromatic N) is 2. The molecule has 1 saturated heterocycles. The van der Waals surface area contributed by atoms with Gasteiger partial charge >= 0.3 is 0 Å². The molecule has 0 bridgehead atoms. The molecule has 2 rings (SSSR count). The Labute approximate surface area is 119 Å². The second kappa shape index (κ2) is 6.56. The maximum absolute atomic E-state index is 11.6. The number of aromatic nitrogens is 1. The smallest absolute Gasteiger partial charge is 0.241 e. The summed E-state index contributed by atoms with van der Waals surface area (Å²) in [4.78, 5) is 18.4. The number of nitrogens with one attached hydrogen (secondary N) is 2. The number of anilines is 2. The van der Waals surface area contributed by atoms with E-state index in [2.05, 4.69) is 26.6 Å². The molecule has 110 valence electrons. The van der Waals surface area contributed by atoms with Crippen LogP contribution in [-0.4, -0.2) is 50.3 Å². The molecule has 6 heteroatoms. The molecule has 1 atom stereocenters. The number of amides is 1. The van der Waals surface area contributed by atoms with Gasteiger partial charge in [-0.3, -0.25) is 4.79 Å². The first-order valence-corrected chi connectivity index (χ1v) is 6.89. The molecule has 0 aromatic carbocycles. The number of carbonyl (C=O) groups excluding carboxylic acids is 1. The summed E-state index contributed by atoms with van der Waals surface area (Å²) in [6.45, 7) is 7.00. The van der Waals surface area contributed by atoms with Crippen molar-refractivity contribution in [3.05, 3.63) is 17.7 Å². The fourth-order valence-corrected chi connectivity index (χ4v) is 2.18. The van der Waals surface area contributed by atoms with E-state index in [4.69, 9.17) is 4.74 Å². The maximum Gasteiger partial charge on any atom is 0.241 e. The zero-order valence-electron chi connectivity index (χ0n) is 12.3. The summed E-state index contributed by atoms with van der Waals surface area (Å²) in [5.41, 5.74) is 1.12. The molecule has 1 aliphatic rings. The topological polar surface area (TPSA) is 66.5 Å². The van der Waals surface area contributed by atoms with Crippen molar-refractivity contribution >= 4 is 17.5 Å². The van der Waals surface area contributed by atoms with E-state index in [-0.39, 0.29) is 11.9 Å². The molecule has 1 aromatic rings. The summed E-state index contributed by atoms with van der Waals surface area (Å²) >= 11 is 0. The number of ether oxygens (including phenoxy) is 1. The Bertz CT molecular complexity index is 472. The van der Waals surface area contributed by atoms with Gasteiger partial charge in [0.25, 0.3) is 0 Å². The predicted octanol–water partition coefficient (Wildman–Crippen LogP) is 0.773. The minimum atomic E-state index is -0.313. The van der Waals surface area contributed by atoms with Gasteiger partial charge in [0.05, 0.1) is 13.2 Å². The van der Waals surface area contributed by atoms with Crippen molar-refractivity contribution in [2.24, 2.45) is 0 Å². The van der Waals surface area contributed by atoms with Crippen molar-refractivity contribution in [2.75, 3.05) is 43.6 Å². The van der Waals surface area contributed by atoms with Gasteiger partial charge in [0.2, 0.25) is 5.91 Å². The monoisotopic (exact) mass is 278 g/mol. The van der Waals surface area contributed by atoms with E-state index in [1.807, 2.05) is 19.9 Å². The van der Waals surface area contributed by atoms with Crippen LogP contribution in [-0.2, 0) is 9.53 Å². The lowest BCUT2D eigenvalue weighted by Crippen LogP contribution is -2.37. The highest BCUT2D eigenvalue weighted by molar-refractivity contribution is 5.83. The summed E-state index contributed by atoms with van der Waals surface area (Å²) in [5.74, 6) is 1.60. The molecule has 20 heavy (non-hydrogen) atoms. The van der Waals surface area contributed by atoms with Crippen molar-refractivity contribution in [3.8, 4) is 0 Å². The van der Waals surface area contributed by atoms with Crippen LogP contribution in [0.1, 0.15) is 12.5 Å². The standard InChI is InChI=1S/C14H22N4O2/c1-10-8-12(16-11(2)14(19)15-3)17-13(9-10)18-4-6-20-7-5-18/h8-9,11H,4-7H2,1-3H3,(H,15,19)(H,16,17)/t11-/m0/s1. The average molecular weight is 278 g/mol. The van der Waals surface area contributed by atoms with Crippen LogP contribution in [0, 0.1) is 6.92 Å². The van der Waals surface area contributed by atoms with E-state index in [0.29, 0.717) is 0 Å². The molecule has 1 fully saturated rings. The fourth-order valence-electron chi connectivity index (χ4n) is 2.18. The lowest BCUT2D eigenvalue weighted by atomic mass is 10.2. The Hall–Kier alpha value is -1.82. The second-order valence-corrected chi connectivity index (χ2v) is 4.97. The third kappa shape index (κ3) is 3.60. The summed E-state index contributed by atoms with van der Waals surface area (Å²) < 4.78 is 5.35. The minimum absolute atomic E-state index is 0.0544. The number of hydrogen-bond donors (Lipinski definition) is 2. The molecule has 0 saturated carbocycles. The van der Waals surface area contributed by atoms with E-state index >= 15 is 0 Å². The van der Waals surface area contributed by atoms with Crippen LogP contribution in [0.15, 0.2) is 12.1 Å². The van der Waals surface area contributed by atoms with Gasteiger partial charge < -0.3 is 20.3 Å². The summed E-state index contributed by atoms with van der Waals surface area (Å²) in [6.07, 6.45) is 0. The third-order valence-corrected chi connectivity index (χ3v) is 3.30. The van der Waals surface area contributed by atoms with Gasteiger partial charge in [0.1, 0.15) is 17.7 Å². The lowest BCUT2D eigenvalue weighted by molar-refractivity contribution is -0.121. The lowest BCUT2D eigenvalue weighted by Gasteiger charge is -2.28. The molecule has 0 unspecified atom stereocenters. The van der Waals surface area contributed by atoms with Crippen molar-refractivity contribution < 1.29 is 9.53 Å². The molecule has 0 radical (unpaired) electrons. The Kier molecular flexibility index (Phi) is 4.79. The quantitative estimate of drug-likeness (QED) is 0.852. The SMILES string of the molecule is CNC(=O)[C@H](C)Nc1cc(C)cc(N2CCOCC2)n1. The van der Waals surface area contributed by atoms with Gasteiger partial charge in [0, 0.05) is 20.1 Å². The zero-order chi connectivity index (χ0) is 14.5. The number of hydrogen-bond acceptors (Lipinski definition) is 5. The summed E-state index contributed by atoms with van der Waals surface area (Å²) in [5, 5.41) is 5.75. The van der Waals surface area contributed by atoms with Crippen molar-refractivity contribution in [1.29, 1.82) is 0 Å². The van der Waals surface area contributed by atoms with Crippen molar-refractivity contribution in [2.45, 2.75) is 19.9 Å². The summed E-state index contributed by atoms with van der Waals surface area (Å²) in [6, 6.07) is 3.69. The first kappa shape index (κ1) is 14.6. The van der Waals surface area contributed by atoms with Crippen LogP contribution in [0.25, 0.3) is 0 Å². The third-order valence-electron chi connectivity index (χ3n) is 3.30. The van der Waals surface area contributed by atoms with E-state index < -0.39 is 0 Å². The predicted molar refractivity (Wildman–Crippen MR) is 79.2 cm³/mol. The number of pyridine rings is 1. The van der Waals surface area contributed by atoms with Gasteiger partial charge in [-0.2, -0.15) is 0 Å². The van der Waals surface area contributed by atoms with Crippen molar-refractivity contribution in [3.63, 3.8) is 0 Å². The van der Waals surface area contributed by atoms with Gasteiger partial charge in [-0.15, -0.1) is 0 Å². The van der Waals surface area contributed by atoms with E-state index in [1.54, 1.807) is 7.05 Å². The number of carbonyl (C=O) groups is 1. The highest BCUT2D eigenvalue weighted by Gasteiger charge is 2.15. The van der Waals surface area contributed by atoms with Crippen LogP contribution in [0.4, 0.5) is 11.6 Å². The molecular weight excluding hydrogens is 256 g/mol. The highest BCUT2D eigenvalue weighted by atomic mass is 16.5. The van der Waals surface area contributed by atoms with E-state index in [1.165, 1.54) is 0 Å². The normalized spacial score (nSPS) is 16.6. The molecular formula is C14H22N4O2. The molecule has 6 nitrogen and oxygen atoms in total. The van der Waals surface area contributed by atoms with Gasteiger partial charge in [-0.25, -0.2) is 4.98 Å². The van der Waals surface area contributed by atoms with Crippen molar-refractivity contribution in [1.82, 2.24) is 10.3 Å². The molecule has 2 N–H and O–H groups in total. The van der Waals surface area contributed by atoms with Crippen LogP contribution in [0.3, 0.4) is 0 Å². The molecule has 2 heterocycles. The Morgan fingerprint density at radius 1 is 1.40 bits per heavy atom. The van der Waals surface area contributed by atoms with Crippen LogP contribution >= 0.6 is 0 Å². The molecule has 0 aliphatic carbocycles. The Balaban J connectivity index is 2.13. The highest BCUT2D eigenvalue weighted by Crippen LogP contribution is 2.19. The summed E-state index contributed by atoms with van der Waals surface area (Å²) in [7, 11) is 1.63. The fraction of sp³-hybridized carbons (Fsp3) is 0.571. The van der Waals surface area contributed by atoms with E-state index in [0.717, 1.165) is 43.5 Å².